The summed E-state index contributed by atoms with van der Waals surface area (Å²) in [5.74, 6) is 0.0413. The summed E-state index contributed by atoms with van der Waals surface area (Å²) < 4.78 is 19.5. The number of methoxy groups -OCH3 is 1. The van der Waals surface area contributed by atoms with Crippen molar-refractivity contribution < 1.29 is 9.13 Å². The monoisotopic (exact) mass is 396 g/mol. The van der Waals surface area contributed by atoms with Crippen molar-refractivity contribution in [1.82, 2.24) is 0 Å². The average molecular weight is 398 g/mol. The molecule has 0 spiro atoms. The molecule has 1 atom stereocenters. The smallest absolute Gasteiger partial charge is 0.142 e. The standard InChI is InChI=1S/C14H9BrCl3FO/c1-20-14-9(5-8(16)6-10(14)15)13(18)7-2-3-11(17)12(19)4-7/h2-6,13H,1H3. The summed E-state index contributed by atoms with van der Waals surface area (Å²) in [5, 5.41) is -0.0451. The van der Waals surface area contributed by atoms with Gasteiger partial charge in [-0.3, -0.25) is 0 Å². The van der Waals surface area contributed by atoms with Crippen LogP contribution in [0, 0.1) is 5.82 Å². The maximum Gasteiger partial charge on any atom is 0.142 e. The van der Waals surface area contributed by atoms with Gasteiger partial charge in [-0.05, 0) is 45.8 Å². The number of hydrogen-bond donors (Lipinski definition) is 0. The average Bonchev–Trinajstić information content (AvgIpc) is 2.40. The minimum Gasteiger partial charge on any atom is -0.495 e. The van der Waals surface area contributed by atoms with Crippen molar-refractivity contribution in [2.24, 2.45) is 0 Å². The van der Waals surface area contributed by atoms with Gasteiger partial charge in [-0.25, -0.2) is 4.39 Å². The topological polar surface area (TPSA) is 9.23 Å². The lowest BCUT2D eigenvalue weighted by Crippen LogP contribution is -1.99. The molecule has 0 saturated heterocycles. The number of ether oxygens (including phenoxy) is 1. The fourth-order valence-corrected chi connectivity index (χ4v) is 3.24. The minimum absolute atomic E-state index is 0.0526. The molecule has 0 heterocycles. The molecule has 2 rings (SSSR count). The molecule has 1 unspecified atom stereocenters. The molecule has 2 aromatic rings. The number of hydrogen-bond acceptors (Lipinski definition) is 1. The zero-order valence-electron chi connectivity index (χ0n) is 10.3. The van der Waals surface area contributed by atoms with Gasteiger partial charge in [0.05, 0.1) is 22.0 Å². The van der Waals surface area contributed by atoms with Gasteiger partial charge in [0.2, 0.25) is 0 Å². The van der Waals surface area contributed by atoms with Gasteiger partial charge in [-0.2, -0.15) is 0 Å². The molecule has 2 aromatic carbocycles. The molecular formula is C14H9BrCl3FO. The molecule has 20 heavy (non-hydrogen) atoms. The summed E-state index contributed by atoms with van der Waals surface area (Å²) in [6.07, 6.45) is 0. The maximum absolute atomic E-state index is 13.5. The van der Waals surface area contributed by atoms with E-state index in [0.717, 1.165) is 0 Å². The lowest BCUT2D eigenvalue weighted by molar-refractivity contribution is 0.407. The lowest BCUT2D eigenvalue weighted by Gasteiger charge is -2.16. The largest absolute Gasteiger partial charge is 0.495 e. The third-order valence-corrected chi connectivity index (χ3v) is 4.35. The second-order valence-corrected chi connectivity index (χ2v) is 6.18. The van der Waals surface area contributed by atoms with Gasteiger partial charge in [-0.1, -0.05) is 29.3 Å². The number of rotatable bonds is 3. The Balaban J connectivity index is 2.52. The van der Waals surface area contributed by atoms with Crippen molar-refractivity contribution in [2.45, 2.75) is 5.38 Å². The predicted molar refractivity (Wildman–Crippen MR) is 84.8 cm³/mol. The molecule has 6 heteroatoms. The molecular weight excluding hydrogens is 389 g/mol. The summed E-state index contributed by atoms with van der Waals surface area (Å²) in [6.45, 7) is 0. The van der Waals surface area contributed by atoms with Crippen molar-refractivity contribution in [1.29, 1.82) is 0 Å². The first-order valence-corrected chi connectivity index (χ1v) is 7.54. The van der Waals surface area contributed by atoms with Gasteiger partial charge in [0, 0.05) is 10.6 Å². The van der Waals surface area contributed by atoms with E-state index in [-0.39, 0.29) is 5.02 Å². The van der Waals surface area contributed by atoms with E-state index in [1.807, 2.05) is 0 Å². The van der Waals surface area contributed by atoms with E-state index in [9.17, 15) is 4.39 Å². The molecule has 0 bridgehead atoms. The minimum atomic E-state index is -0.605. The third kappa shape index (κ3) is 3.22. The van der Waals surface area contributed by atoms with E-state index >= 15 is 0 Å². The Bertz CT molecular complexity index is 649. The molecule has 0 aliphatic heterocycles. The van der Waals surface area contributed by atoms with Gasteiger partial charge in [0.15, 0.2) is 0 Å². The molecule has 0 N–H and O–H groups in total. The Morgan fingerprint density at radius 1 is 1.20 bits per heavy atom. The Morgan fingerprint density at radius 3 is 2.50 bits per heavy atom. The number of benzene rings is 2. The van der Waals surface area contributed by atoms with Crippen LogP contribution in [0.3, 0.4) is 0 Å². The van der Waals surface area contributed by atoms with Crippen molar-refractivity contribution in [2.75, 3.05) is 7.11 Å². The van der Waals surface area contributed by atoms with Crippen LogP contribution in [0.2, 0.25) is 10.0 Å². The van der Waals surface area contributed by atoms with Gasteiger partial charge >= 0.3 is 0 Å². The second kappa shape index (κ2) is 6.52. The Kier molecular flexibility index (Phi) is 5.19. The second-order valence-electron chi connectivity index (χ2n) is 4.05. The SMILES string of the molecule is COc1c(Br)cc(Cl)cc1C(Cl)c1ccc(Cl)c(F)c1. The molecule has 0 fully saturated rings. The maximum atomic E-state index is 13.5. The summed E-state index contributed by atoms with van der Waals surface area (Å²) in [5.41, 5.74) is 1.22. The fraction of sp³-hybridized carbons (Fsp3) is 0.143. The van der Waals surface area contributed by atoms with E-state index in [2.05, 4.69) is 15.9 Å². The molecule has 0 aliphatic rings. The van der Waals surface area contributed by atoms with E-state index in [1.165, 1.54) is 19.2 Å². The Labute approximate surface area is 139 Å². The summed E-state index contributed by atoms with van der Waals surface area (Å²) in [6, 6.07) is 7.82. The van der Waals surface area contributed by atoms with Gasteiger partial charge < -0.3 is 4.74 Å². The first kappa shape index (κ1) is 15.9. The molecule has 1 nitrogen and oxygen atoms in total. The molecule has 106 valence electrons. The van der Waals surface area contributed by atoms with Crippen molar-refractivity contribution in [3.8, 4) is 5.75 Å². The number of halogens is 5. The van der Waals surface area contributed by atoms with E-state index in [1.54, 1.807) is 18.2 Å². The van der Waals surface area contributed by atoms with Crippen LogP contribution in [0.5, 0.6) is 5.75 Å². The van der Waals surface area contributed by atoms with E-state index < -0.39 is 11.2 Å². The van der Waals surface area contributed by atoms with Gasteiger partial charge in [0.25, 0.3) is 0 Å². The molecule has 0 amide bonds. The molecule has 0 aromatic heterocycles. The number of alkyl halides is 1. The van der Waals surface area contributed by atoms with Crippen LogP contribution in [0.25, 0.3) is 0 Å². The quantitative estimate of drug-likeness (QED) is 0.557. The van der Waals surface area contributed by atoms with Crippen molar-refractivity contribution in [3.63, 3.8) is 0 Å². The van der Waals surface area contributed by atoms with Crippen molar-refractivity contribution in [3.05, 3.63) is 61.8 Å². The van der Waals surface area contributed by atoms with Crippen LogP contribution in [0.1, 0.15) is 16.5 Å². The fourth-order valence-electron chi connectivity index (χ4n) is 1.83. The van der Waals surface area contributed by atoms with Crippen LogP contribution >= 0.6 is 50.7 Å². The van der Waals surface area contributed by atoms with Crippen LogP contribution in [-0.2, 0) is 0 Å². The van der Waals surface area contributed by atoms with Crippen LogP contribution in [-0.4, -0.2) is 7.11 Å². The highest BCUT2D eigenvalue weighted by molar-refractivity contribution is 9.10. The highest BCUT2D eigenvalue weighted by atomic mass is 79.9. The molecule has 0 radical (unpaired) electrons. The van der Waals surface area contributed by atoms with Gasteiger partial charge in [0.1, 0.15) is 11.6 Å². The van der Waals surface area contributed by atoms with E-state index in [0.29, 0.717) is 26.4 Å². The first-order chi connectivity index (χ1) is 9.43. The normalized spacial score (nSPS) is 12.3. The summed E-state index contributed by atoms with van der Waals surface area (Å²) in [4.78, 5) is 0. The third-order valence-electron chi connectivity index (χ3n) is 2.75. The van der Waals surface area contributed by atoms with Crippen LogP contribution < -0.4 is 4.74 Å². The highest BCUT2D eigenvalue weighted by Crippen LogP contribution is 2.41. The predicted octanol–water partition coefficient (Wildman–Crippen LogP) is 6.23. The Hall–Kier alpha value is -0.480. The van der Waals surface area contributed by atoms with Crippen LogP contribution in [0.4, 0.5) is 4.39 Å². The molecule has 0 saturated carbocycles. The highest BCUT2D eigenvalue weighted by Gasteiger charge is 2.20. The van der Waals surface area contributed by atoms with Crippen LogP contribution in [0.15, 0.2) is 34.8 Å². The lowest BCUT2D eigenvalue weighted by atomic mass is 10.0. The summed E-state index contributed by atoms with van der Waals surface area (Å²) >= 11 is 21.5. The Morgan fingerprint density at radius 2 is 1.90 bits per heavy atom. The van der Waals surface area contributed by atoms with E-state index in [4.69, 9.17) is 39.5 Å². The summed E-state index contributed by atoms with van der Waals surface area (Å²) in [7, 11) is 1.53. The molecule has 0 aliphatic carbocycles. The first-order valence-electron chi connectivity index (χ1n) is 5.56. The zero-order valence-corrected chi connectivity index (χ0v) is 14.1. The van der Waals surface area contributed by atoms with Gasteiger partial charge in [-0.15, -0.1) is 11.6 Å². The zero-order chi connectivity index (χ0) is 14.9. The van der Waals surface area contributed by atoms with Crippen molar-refractivity contribution >= 4 is 50.7 Å².